The van der Waals surface area contributed by atoms with Crippen molar-refractivity contribution < 1.29 is 9.59 Å². The van der Waals surface area contributed by atoms with Gasteiger partial charge >= 0.3 is 0 Å². The maximum absolute atomic E-state index is 13.1. The van der Waals surface area contributed by atoms with Gasteiger partial charge < -0.3 is 4.57 Å². The number of nitrogens with zero attached hydrogens (tertiary/aromatic N) is 2. The number of hydrogen-bond acceptors (Lipinski definition) is 3. The van der Waals surface area contributed by atoms with Crippen molar-refractivity contribution in [2.75, 3.05) is 4.90 Å². The van der Waals surface area contributed by atoms with Crippen LogP contribution >= 0.6 is 12.2 Å². The van der Waals surface area contributed by atoms with Gasteiger partial charge in [0.2, 0.25) is 0 Å². The SMILES string of the molecule is Cc1ccc(N2C(=O)/C(=C\c3cc(C)n(C(C)C)c3)C(=O)NC2=S)c(C)c1. The average molecular weight is 382 g/mol. The molecule has 0 saturated carbocycles. The first kappa shape index (κ1) is 19.0. The minimum Gasteiger partial charge on any atom is -0.349 e. The molecular formula is C21H23N3O2S. The van der Waals surface area contributed by atoms with E-state index in [-0.39, 0.29) is 10.7 Å². The van der Waals surface area contributed by atoms with Gasteiger partial charge in [0.25, 0.3) is 11.8 Å². The van der Waals surface area contributed by atoms with Gasteiger partial charge in [-0.15, -0.1) is 0 Å². The van der Waals surface area contributed by atoms with Gasteiger partial charge in [0.05, 0.1) is 5.69 Å². The van der Waals surface area contributed by atoms with E-state index in [0.29, 0.717) is 11.7 Å². The van der Waals surface area contributed by atoms with E-state index < -0.39 is 11.8 Å². The summed E-state index contributed by atoms with van der Waals surface area (Å²) in [5, 5.41) is 2.74. The smallest absolute Gasteiger partial charge is 0.270 e. The number of anilines is 1. The third kappa shape index (κ3) is 3.57. The van der Waals surface area contributed by atoms with Crippen molar-refractivity contribution >= 4 is 40.9 Å². The van der Waals surface area contributed by atoms with Crippen LogP contribution in [0.4, 0.5) is 5.69 Å². The van der Waals surface area contributed by atoms with Crippen molar-refractivity contribution in [1.82, 2.24) is 9.88 Å². The minimum absolute atomic E-state index is 0.0736. The van der Waals surface area contributed by atoms with Crippen LogP contribution in [0.3, 0.4) is 0 Å². The highest BCUT2D eigenvalue weighted by molar-refractivity contribution is 7.80. The third-order valence-corrected chi connectivity index (χ3v) is 4.92. The zero-order valence-electron chi connectivity index (χ0n) is 16.2. The lowest BCUT2D eigenvalue weighted by atomic mass is 10.1. The van der Waals surface area contributed by atoms with Crippen molar-refractivity contribution in [3.8, 4) is 0 Å². The van der Waals surface area contributed by atoms with Crippen molar-refractivity contribution in [1.29, 1.82) is 0 Å². The van der Waals surface area contributed by atoms with Crippen LogP contribution in [0.2, 0.25) is 0 Å². The molecule has 1 aromatic carbocycles. The zero-order chi connectivity index (χ0) is 19.9. The fourth-order valence-electron chi connectivity index (χ4n) is 3.35. The Hall–Kier alpha value is -2.73. The fourth-order valence-corrected chi connectivity index (χ4v) is 3.62. The molecule has 6 heteroatoms. The normalized spacial score (nSPS) is 16.4. The first-order valence-corrected chi connectivity index (χ1v) is 9.27. The van der Waals surface area contributed by atoms with Gasteiger partial charge in [0, 0.05) is 17.9 Å². The average Bonchev–Trinajstić information content (AvgIpc) is 2.94. The largest absolute Gasteiger partial charge is 0.349 e. The van der Waals surface area contributed by atoms with Crippen LogP contribution in [-0.2, 0) is 9.59 Å². The van der Waals surface area contributed by atoms with E-state index in [1.807, 2.05) is 51.2 Å². The minimum atomic E-state index is -0.471. The number of nitrogens with one attached hydrogen (secondary N) is 1. The quantitative estimate of drug-likeness (QED) is 0.499. The summed E-state index contributed by atoms with van der Waals surface area (Å²) in [6, 6.07) is 8.01. The highest BCUT2D eigenvalue weighted by Crippen LogP contribution is 2.26. The van der Waals surface area contributed by atoms with E-state index in [4.69, 9.17) is 12.2 Å². The van der Waals surface area contributed by atoms with Crippen LogP contribution < -0.4 is 10.2 Å². The summed E-state index contributed by atoms with van der Waals surface area (Å²) in [4.78, 5) is 26.9. The molecule has 0 radical (unpaired) electrons. The Morgan fingerprint density at radius 3 is 2.41 bits per heavy atom. The van der Waals surface area contributed by atoms with Gasteiger partial charge in [0.15, 0.2) is 5.11 Å². The lowest BCUT2D eigenvalue weighted by molar-refractivity contribution is -0.122. The summed E-state index contributed by atoms with van der Waals surface area (Å²) < 4.78 is 2.10. The molecule has 0 spiro atoms. The number of amides is 2. The Morgan fingerprint density at radius 2 is 1.81 bits per heavy atom. The van der Waals surface area contributed by atoms with E-state index in [1.54, 1.807) is 6.08 Å². The molecule has 1 N–H and O–H groups in total. The third-order valence-electron chi connectivity index (χ3n) is 4.63. The molecule has 2 amide bonds. The molecule has 5 nitrogen and oxygen atoms in total. The Labute approximate surface area is 164 Å². The van der Waals surface area contributed by atoms with E-state index in [9.17, 15) is 9.59 Å². The van der Waals surface area contributed by atoms with Crippen LogP contribution in [0.25, 0.3) is 6.08 Å². The molecule has 2 heterocycles. The second-order valence-electron chi connectivity index (χ2n) is 7.16. The zero-order valence-corrected chi connectivity index (χ0v) is 17.0. The number of benzene rings is 1. The monoisotopic (exact) mass is 381 g/mol. The summed E-state index contributed by atoms with van der Waals surface area (Å²) in [7, 11) is 0. The summed E-state index contributed by atoms with van der Waals surface area (Å²) in [5.74, 6) is -0.883. The van der Waals surface area contributed by atoms with Crippen molar-refractivity contribution in [3.05, 3.63) is 58.4 Å². The topological polar surface area (TPSA) is 54.3 Å². The lowest BCUT2D eigenvalue weighted by Gasteiger charge is -2.30. The second kappa shape index (κ2) is 7.12. The summed E-state index contributed by atoms with van der Waals surface area (Å²) >= 11 is 5.27. The van der Waals surface area contributed by atoms with Crippen LogP contribution in [0.15, 0.2) is 36.0 Å². The predicted molar refractivity (Wildman–Crippen MR) is 112 cm³/mol. The predicted octanol–water partition coefficient (Wildman–Crippen LogP) is 3.83. The molecule has 0 atom stereocenters. The number of carbonyl (C=O) groups is 2. The molecule has 1 saturated heterocycles. The Balaban J connectivity index is 2.03. The number of rotatable bonds is 3. The first-order chi connectivity index (χ1) is 12.7. The summed E-state index contributed by atoms with van der Waals surface area (Å²) in [6.45, 7) is 10.1. The highest BCUT2D eigenvalue weighted by Gasteiger charge is 2.35. The van der Waals surface area contributed by atoms with Gasteiger partial charge in [-0.1, -0.05) is 17.7 Å². The first-order valence-electron chi connectivity index (χ1n) is 8.86. The highest BCUT2D eigenvalue weighted by atomic mass is 32.1. The van der Waals surface area contributed by atoms with E-state index >= 15 is 0 Å². The number of carbonyl (C=O) groups excluding carboxylic acids is 2. The molecular weight excluding hydrogens is 358 g/mol. The second-order valence-corrected chi connectivity index (χ2v) is 7.55. The van der Waals surface area contributed by atoms with Crippen LogP contribution in [0.5, 0.6) is 0 Å². The van der Waals surface area contributed by atoms with Crippen LogP contribution in [0, 0.1) is 20.8 Å². The van der Waals surface area contributed by atoms with Gasteiger partial charge in [-0.2, -0.15) is 0 Å². The van der Waals surface area contributed by atoms with Crippen molar-refractivity contribution in [3.63, 3.8) is 0 Å². The molecule has 3 rings (SSSR count). The molecule has 0 aliphatic carbocycles. The summed E-state index contributed by atoms with van der Waals surface area (Å²) in [6.07, 6.45) is 3.57. The number of aromatic nitrogens is 1. The fraction of sp³-hybridized carbons (Fsp3) is 0.286. The van der Waals surface area contributed by atoms with E-state index in [2.05, 4.69) is 23.7 Å². The van der Waals surface area contributed by atoms with Gasteiger partial charge in [-0.3, -0.25) is 19.8 Å². The van der Waals surface area contributed by atoms with Crippen LogP contribution in [-0.4, -0.2) is 21.5 Å². The standard InChI is InChI=1S/C21H23N3O2S/c1-12(2)23-11-16(9-15(23)5)10-17-19(25)22-21(27)24(20(17)26)18-7-6-13(3)8-14(18)4/h6-12H,1-5H3,(H,22,25,27)/b17-10-. The molecule has 1 aliphatic rings. The summed E-state index contributed by atoms with van der Waals surface area (Å²) in [5.41, 5.74) is 4.65. The molecule has 0 unspecified atom stereocenters. The molecule has 1 aromatic heterocycles. The number of hydrogen-bond donors (Lipinski definition) is 1. The van der Waals surface area contributed by atoms with Gasteiger partial charge in [-0.25, -0.2) is 0 Å². The molecule has 27 heavy (non-hydrogen) atoms. The van der Waals surface area contributed by atoms with Gasteiger partial charge in [-0.05, 0) is 76.2 Å². The molecule has 140 valence electrons. The van der Waals surface area contributed by atoms with Crippen LogP contribution in [0.1, 0.15) is 42.3 Å². The Kier molecular flexibility index (Phi) is 5.02. The number of thiocarbonyl (C=S) groups is 1. The van der Waals surface area contributed by atoms with E-state index in [1.165, 1.54) is 4.90 Å². The lowest BCUT2D eigenvalue weighted by Crippen LogP contribution is -2.54. The van der Waals surface area contributed by atoms with Gasteiger partial charge in [0.1, 0.15) is 5.57 Å². The maximum Gasteiger partial charge on any atom is 0.270 e. The van der Waals surface area contributed by atoms with Crippen molar-refractivity contribution in [2.24, 2.45) is 0 Å². The Morgan fingerprint density at radius 1 is 1.11 bits per heavy atom. The molecule has 2 aromatic rings. The molecule has 1 fully saturated rings. The molecule has 1 aliphatic heterocycles. The number of aryl methyl sites for hydroxylation is 3. The molecule has 0 bridgehead atoms. The van der Waals surface area contributed by atoms with Crippen molar-refractivity contribution in [2.45, 2.75) is 40.7 Å². The maximum atomic E-state index is 13.1. The Bertz CT molecular complexity index is 985. The van der Waals surface area contributed by atoms with E-state index in [0.717, 1.165) is 22.4 Å².